The lowest BCUT2D eigenvalue weighted by Gasteiger charge is -2.25. The predicted octanol–water partition coefficient (Wildman–Crippen LogP) is 2.97. The second-order valence-electron chi connectivity index (χ2n) is 6.53. The van der Waals surface area contributed by atoms with Gasteiger partial charge in [0.15, 0.2) is 0 Å². The van der Waals surface area contributed by atoms with E-state index in [1.54, 1.807) is 4.90 Å². The molecule has 1 saturated heterocycles. The van der Waals surface area contributed by atoms with E-state index in [9.17, 15) is 14.7 Å². The molecule has 4 nitrogen and oxygen atoms in total. The zero-order valence-electron chi connectivity index (χ0n) is 13.4. The highest BCUT2D eigenvalue weighted by Crippen LogP contribution is 2.27. The van der Waals surface area contributed by atoms with E-state index < -0.39 is 12.0 Å². The van der Waals surface area contributed by atoms with Crippen LogP contribution < -0.4 is 0 Å². The maximum absolute atomic E-state index is 12.5. The Morgan fingerprint density at radius 2 is 2.00 bits per heavy atom. The molecule has 0 spiro atoms. The smallest absolute Gasteiger partial charge is 0.326 e. The van der Waals surface area contributed by atoms with Gasteiger partial charge in [-0.3, -0.25) is 4.79 Å². The Kier molecular flexibility index (Phi) is 5.58. The van der Waals surface area contributed by atoms with E-state index in [2.05, 4.69) is 13.8 Å². The number of hydrogen-bond donors (Lipinski definition) is 1. The number of aliphatic carboxylic acids is 1. The van der Waals surface area contributed by atoms with E-state index in [0.29, 0.717) is 25.3 Å². The summed E-state index contributed by atoms with van der Waals surface area (Å²) in [4.78, 5) is 25.6. The van der Waals surface area contributed by atoms with Crippen LogP contribution in [0.5, 0.6) is 0 Å². The number of likely N-dealkylation sites (tertiary alicyclic amines) is 1. The summed E-state index contributed by atoms with van der Waals surface area (Å²) in [6.45, 7) is 4.77. The highest BCUT2D eigenvalue weighted by atomic mass is 16.4. The van der Waals surface area contributed by atoms with Gasteiger partial charge in [-0.1, -0.05) is 44.2 Å². The third kappa shape index (κ3) is 4.09. The molecule has 22 heavy (non-hydrogen) atoms. The molecule has 0 radical (unpaired) electrons. The Bertz CT molecular complexity index is 512. The summed E-state index contributed by atoms with van der Waals surface area (Å²) in [6.07, 6.45) is 2.78. The minimum Gasteiger partial charge on any atom is -0.480 e. The minimum atomic E-state index is -0.894. The molecule has 120 valence electrons. The normalized spacial score (nSPS) is 19.7. The molecule has 2 atom stereocenters. The zero-order valence-corrected chi connectivity index (χ0v) is 13.4. The molecule has 4 heteroatoms. The van der Waals surface area contributed by atoms with Crippen molar-refractivity contribution < 1.29 is 14.7 Å². The molecule has 1 amide bonds. The van der Waals surface area contributed by atoms with E-state index in [-0.39, 0.29) is 11.8 Å². The first-order chi connectivity index (χ1) is 10.5. The first-order valence-electron chi connectivity index (χ1n) is 8.06. The van der Waals surface area contributed by atoms with Gasteiger partial charge in [-0.2, -0.15) is 0 Å². The zero-order chi connectivity index (χ0) is 16.1. The van der Waals surface area contributed by atoms with Crippen LogP contribution in [0.15, 0.2) is 30.3 Å². The van der Waals surface area contributed by atoms with Crippen LogP contribution in [0.1, 0.15) is 38.7 Å². The van der Waals surface area contributed by atoms with Crippen molar-refractivity contribution in [2.24, 2.45) is 11.8 Å². The topological polar surface area (TPSA) is 57.6 Å². The van der Waals surface area contributed by atoms with Crippen molar-refractivity contribution in [3.05, 3.63) is 35.9 Å². The van der Waals surface area contributed by atoms with Crippen LogP contribution in [0, 0.1) is 11.8 Å². The van der Waals surface area contributed by atoms with Crippen molar-refractivity contribution in [1.29, 1.82) is 0 Å². The number of amides is 1. The van der Waals surface area contributed by atoms with Crippen LogP contribution in [0.2, 0.25) is 0 Å². The SMILES string of the molecule is CC(C)CC1CCN(C(CCc2ccccc2)C(=O)O)C1=O. The Morgan fingerprint density at radius 1 is 1.32 bits per heavy atom. The molecule has 1 aromatic rings. The maximum Gasteiger partial charge on any atom is 0.326 e. The first-order valence-corrected chi connectivity index (χ1v) is 8.06. The molecule has 0 aliphatic carbocycles. The Balaban J connectivity index is 1.99. The summed E-state index contributed by atoms with van der Waals surface area (Å²) in [5, 5.41) is 9.50. The van der Waals surface area contributed by atoms with Gasteiger partial charge in [0.05, 0.1) is 0 Å². The summed E-state index contributed by atoms with van der Waals surface area (Å²) in [5.41, 5.74) is 1.11. The summed E-state index contributed by atoms with van der Waals surface area (Å²) >= 11 is 0. The predicted molar refractivity (Wildman–Crippen MR) is 85.5 cm³/mol. The number of benzene rings is 1. The number of hydrogen-bond acceptors (Lipinski definition) is 2. The molecular formula is C18H25NO3. The van der Waals surface area contributed by atoms with Gasteiger partial charge in [0.2, 0.25) is 5.91 Å². The average molecular weight is 303 g/mol. The van der Waals surface area contributed by atoms with Gasteiger partial charge in [0, 0.05) is 12.5 Å². The molecule has 1 aromatic carbocycles. The quantitative estimate of drug-likeness (QED) is 0.842. The van der Waals surface area contributed by atoms with Crippen molar-refractivity contribution in [3.63, 3.8) is 0 Å². The number of carboxylic acids is 1. The highest BCUT2D eigenvalue weighted by Gasteiger charge is 2.38. The molecule has 0 aromatic heterocycles. The molecule has 0 saturated carbocycles. The molecule has 2 rings (SSSR count). The molecular weight excluding hydrogens is 278 g/mol. The first kappa shape index (κ1) is 16.5. The number of carbonyl (C=O) groups excluding carboxylic acids is 1. The highest BCUT2D eigenvalue weighted by molar-refractivity contribution is 5.86. The van der Waals surface area contributed by atoms with E-state index in [1.165, 1.54) is 0 Å². The summed E-state index contributed by atoms with van der Waals surface area (Å²) in [6, 6.07) is 9.12. The van der Waals surface area contributed by atoms with E-state index >= 15 is 0 Å². The standard InChI is InChI=1S/C18H25NO3/c1-13(2)12-15-10-11-19(17(15)20)16(18(21)22)9-8-14-6-4-3-5-7-14/h3-7,13,15-16H,8-12H2,1-2H3,(H,21,22). The van der Waals surface area contributed by atoms with Crippen LogP contribution in [-0.2, 0) is 16.0 Å². The fourth-order valence-electron chi connectivity index (χ4n) is 3.22. The minimum absolute atomic E-state index is 0.00132. The summed E-state index contributed by atoms with van der Waals surface area (Å²) in [7, 11) is 0. The second kappa shape index (κ2) is 7.43. The van der Waals surface area contributed by atoms with Crippen molar-refractivity contribution in [1.82, 2.24) is 4.90 Å². The Morgan fingerprint density at radius 3 is 2.59 bits per heavy atom. The van der Waals surface area contributed by atoms with E-state index in [4.69, 9.17) is 0 Å². The van der Waals surface area contributed by atoms with Crippen LogP contribution in [0.25, 0.3) is 0 Å². The number of carbonyl (C=O) groups is 2. The lowest BCUT2D eigenvalue weighted by molar-refractivity contribution is -0.149. The van der Waals surface area contributed by atoms with E-state index in [1.807, 2.05) is 30.3 Å². The molecule has 2 unspecified atom stereocenters. The van der Waals surface area contributed by atoms with Gasteiger partial charge < -0.3 is 10.0 Å². The number of rotatable bonds is 7. The maximum atomic E-state index is 12.5. The van der Waals surface area contributed by atoms with Gasteiger partial charge >= 0.3 is 5.97 Å². The molecule has 1 aliphatic heterocycles. The van der Waals surface area contributed by atoms with Gasteiger partial charge in [-0.25, -0.2) is 4.79 Å². The van der Waals surface area contributed by atoms with Crippen LogP contribution in [-0.4, -0.2) is 34.5 Å². The second-order valence-corrected chi connectivity index (χ2v) is 6.53. The number of nitrogens with zero attached hydrogens (tertiary/aromatic N) is 1. The molecule has 1 heterocycles. The Labute approximate surface area is 132 Å². The van der Waals surface area contributed by atoms with Gasteiger partial charge in [-0.15, -0.1) is 0 Å². The number of aryl methyl sites for hydroxylation is 1. The third-order valence-corrected chi connectivity index (χ3v) is 4.32. The average Bonchev–Trinajstić information content (AvgIpc) is 2.81. The monoisotopic (exact) mass is 303 g/mol. The third-order valence-electron chi connectivity index (χ3n) is 4.32. The van der Waals surface area contributed by atoms with Crippen molar-refractivity contribution >= 4 is 11.9 Å². The van der Waals surface area contributed by atoms with Gasteiger partial charge in [0.1, 0.15) is 6.04 Å². The number of carboxylic acid groups (broad SMARTS) is 1. The summed E-state index contributed by atoms with van der Waals surface area (Å²) < 4.78 is 0. The summed E-state index contributed by atoms with van der Waals surface area (Å²) in [5.74, 6) is -0.413. The van der Waals surface area contributed by atoms with Gasteiger partial charge in [-0.05, 0) is 37.2 Å². The largest absolute Gasteiger partial charge is 0.480 e. The van der Waals surface area contributed by atoms with Gasteiger partial charge in [0.25, 0.3) is 0 Å². The molecule has 0 bridgehead atoms. The fourth-order valence-corrected chi connectivity index (χ4v) is 3.22. The van der Waals surface area contributed by atoms with Crippen molar-refractivity contribution in [2.75, 3.05) is 6.54 Å². The van der Waals surface area contributed by atoms with Crippen LogP contribution in [0.4, 0.5) is 0 Å². The van der Waals surface area contributed by atoms with Crippen molar-refractivity contribution in [3.8, 4) is 0 Å². The fraction of sp³-hybridized carbons (Fsp3) is 0.556. The molecule has 1 aliphatic rings. The Hall–Kier alpha value is -1.84. The molecule has 1 N–H and O–H groups in total. The van der Waals surface area contributed by atoms with Crippen molar-refractivity contribution in [2.45, 2.75) is 45.6 Å². The van der Waals surface area contributed by atoms with Crippen LogP contribution in [0.3, 0.4) is 0 Å². The molecule has 1 fully saturated rings. The lowest BCUT2D eigenvalue weighted by atomic mass is 9.96. The van der Waals surface area contributed by atoms with Crippen LogP contribution >= 0.6 is 0 Å². The lowest BCUT2D eigenvalue weighted by Crippen LogP contribution is -2.43. The van der Waals surface area contributed by atoms with E-state index in [0.717, 1.165) is 18.4 Å².